The van der Waals surface area contributed by atoms with Crippen molar-refractivity contribution in [3.8, 4) is 0 Å². The van der Waals surface area contributed by atoms with E-state index in [1.54, 1.807) is 0 Å². The van der Waals surface area contributed by atoms with E-state index in [2.05, 4.69) is 17.1 Å². The first-order valence-electron chi connectivity index (χ1n) is 5.84. The smallest absolute Gasteiger partial charge is 0.0906 e. The molecule has 1 N–H and O–H groups in total. The van der Waals surface area contributed by atoms with Gasteiger partial charge in [0.25, 0.3) is 0 Å². The van der Waals surface area contributed by atoms with Crippen LogP contribution < -0.4 is 5.32 Å². The first-order valence-corrected chi connectivity index (χ1v) is 5.84. The second-order valence-electron chi connectivity index (χ2n) is 4.75. The molecule has 0 aromatic heterocycles. The zero-order valence-electron chi connectivity index (χ0n) is 9.01. The number of hydrogen-bond donors (Lipinski definition) is 1. The third-order valence-corrected chi connectivity index (χ3v) is 3.40. The van der Waals surface area contributed by atoms with Crippen LogP contribution in [0.2, 0.25) is 0 Å². The van der Waals surface area contributed by atoms with Crippen molar-refractivity contribution < 1.29 is 4.39 Å². The molecule has 2 fully saturated rings. The number of nitrogens with one attached hydrogen (secondary N) is 1. The van der Waals surface area contributed by atoms with E-state index in [9.17, 15) is 4.39 Å². The molecule has 0 bridgehead atoms. The third-order valence-electron chi connectivity index (χ3n) is 3.40. The number of nitrogens with zero attached hydrogens (tertiary/aromatic N) is 1. The summed E-state index contributed by atoms with van der Waals surface area (Å²) in [5, 5.41) is 3.52. The van der Waals surface area contributed by atoms with Gasteiger partial charge >= 0.3 is 0 Å². The fraction of sp³-hybridized carbons (Fsp3) is 1.00. The Morgan fingerprint density at radius 3 is 2.86 bits per heavy atom. The highest BCUT2D eigenvalue weighted by Gasteiger charge is 2.37. The minimum absolute atomic E-state index is 0.171. The molecule has 0 spiro atoms. The summed E-state index contributed by atoms with van der Waals surface area (Å²) >= 11 is 0. The molecule has 0 aromatic carbocycles. The Morgan fingerprint density at radius 1 is 1.43 bits per heavy atom. The van der Waals surface area contributed by atoms with E-state index < -0.39 is 0 Å². The van der Waals surface area contributed by atoms with Crippen molar-refractivity contribution in [3.63, 3.8) is 0 Å². The molecule has 2 aliphatic rings. The molecular weight excluding hydrogens is 179 g/mol. The van der Waals surface area contributed by atoms with Gasteiger partial charge in [0.05, 0.1) is 6.67 Å². The van der Waals surface area contributed by atoms with Gasteiger partial charge in [0, 0.05) is 31.7 Å². The summed E-state index contributed by atoms with van der Waals surface area (Å²) in [6, 6.07) is 1.27. The van der Waals surface area contributed by atoms with Crippen LogP contribution in [-0.2, 0) is 0 Å². The second kappa shape index (κ2) is 4.58. The van der Waals surface area contributed by atoms with Gasteiger partial charge in [-0.05, 0) is 32.1 Å². The van der Waals surface area contributed by atoms with E-state index in [0.29, 0.717) is 18.5 Å². The Morgan fingerprint density at radius 2 is 2.21 bits per heavy atom. The average molecular weight is 200 g/mol. The van der Waals surface area contributed by atoms with Gasteiger partial charge in [-0.15, -0.1) is 0 Å². The lowest BCUT2D eigenvalue weighted by molar-refractivity contribution is 0.115. The van der Waals surface area contributed by atoms with Crippen LogP contribution in [0.4, 0.5) is 4.39 Å². The Kier molecular flexibility index (Phi) is 3.39. The van der Waals surface area contributed by atoms with Gasteiger partial charge in [0.1, 0.15) is 0 Å². The van der Waals surface area contributed by atoms with Crippen molar-refractivity contribution in [1.29, 1.82) is 0 Å². The first kappa shape index (κ1) is 10.4. The van der Waals surface area contributed by atoms with Gasteiger partial charge in [-0.2, -0.15) is 0 Å². The van der Waals surface area contributed by atoms with Gasteiger partial charge in [-0.3, -0.25) is 9.29 Å². The highest BCUT2D eigenvalue weighted by molar-refractivity contribution is 4.93. The molecular formula is C11H21FN2. The molecule has 3 heteroatoms. The highest BCUT2D eigenvalue weighted by atomic mass is 19.1. The van der Waals surface area contributed by atoms with E-state index in [0.717, 1.165) is 25.6 Å². The fourth-order valence-electron chi connectivity index (χ4n) is 2.47. The maximum atomic E-state index is 12.1. The van der Waals surface area contributed by atoms with Gasteiger partial charge in [0.2, 0.25) is 0 Å². The minimum Gasteiger partial charge on any atom is -0.311 e. The molecule has 14 heavy (non-hydrogen) atoms. The van der Waals surface area contributed by atoms with Crippen molar-refractivity contribution in [2.75, 3.05) is 26.3 Å². The van der Waals surface area contributed by atoms with Crippen LogP contribution in [-0.4, -0.2) is 43.3 Å². The second-order valence-corrected chi connectivity index (χ2v) is 4.75. The highest BCUT2D eigenvalue weighted by Crippen LogP contribution is 2.36. The van der Waals surface area contributed by atoms with Crippen LogP contribution in [0.3, 0.4) is 0 Å². The standard InChI is InChI=1S/C11H21FN2/c1-9-8-14(6-2-5-12)11(7-13-9)10-3-4-10/h9-11,13H,2-8H2,1H3. The zero-order valence-corrected chi connectivity index (χ0v) is 9.01. The third kappa shape index (κ3) is 2.45. The molecule has 1 aliphatic carbocycles. The summed E-state index contributed by atoms with van der Waals surface area (Å²) in [6.07, 6.45) is 3.47. The Labute approximate surface area is 85.9 Å². The Bertz CT molecular complexity index is 182. The van der Waals surface area contributed by atoms with Gasteiger partial charge < -0.3 is 5.32 Å². The predicted octanol–water partition coefficient (Wildman–Crippen LogP) is 1.42. The minimum atomic E-state index is -0.171. The Hall–Kier alpha value is -0.150. The van der Waals surface area contributed by atoms with Crippen LogP contribution in [0.25, 0.3) is 0 Å². The number of hydrogen-bond acceptors (Lipinski definition) is 2. The monoisotopic (exact) mass is 200 g/mol. The van der Waals surface area contributed by atoms with Gasteiger partial charge in [0.15, 0.2) is 0 Å². The first-order chi connectivity index (χ1) is 6.81. The van der Waals surface area contributed by atoms with Crippen molar-refractivity contribution in [2.24, 2.45) is 5.92 Å². The predicted molar refractivity (Wildman–Crippen MR) is 56.1 cm³/mol. The lowest BCUT2D eigenvalue weighted by Gasteiger charge is -2.39. The molecule has 0 amide bonds. The zero-order chi connectivity index (χ0) is 9.97. The summed E-state index contributed by atoms with van der Waals surface area (Å²) in [5.41, 5.74) is 0. The van der Waals surface area contributed by atoms with E-state index in [-0.39, 0.29) is 6.67 Å². The topological polar surface area (TPSA) is 15.3 Å². The largest absolute Gasteiger partial charge is 0.311 e. The Balaban J connectivity index is 1.85. The van der Waals surface area contributed by atoms with Crippen molar-refractivity contribution in [2.45, 2.75) is 38.3 Å². The molecule has 2 unspecified atom stereocenters. The SMILES string of the molecule is CC1CN(CCCF)C(C2CC2)CN1. The fourth-order valence-corrected chi connectivity index (χ4v) is 2.47. The van der Waals surface area contributed by atoms with Crippen LogP contribution in [0.5, 0.6) is 0 Å². The molecule has 2 nitrogen and oxygen atoms in total. The maximum absolute atomic E-state index is 12.1. The molecule has 1 heterocycles. The number of halogens is 1. The van der Waals surface area contributed by atoms with E-state index in [4.69, 9.17) is 0 Å². The summed E-state index contributed by atoms with van der Waals surface area (Å²) in [7, 11) is 0. The molecule has 0 radical (unpaired) electrons. The van der Waals surface area contributed by atoms with Gasteiger partial charge in [-0.1, -0.05) is 0 Å². The number of piperazine rings is 1. The lowest BCUT2D eigenvalue weighted by Crippen LogP contribution is -2.56. The molecule has 0 aromatic rings. The summed E-state index contributed by atoms with van der Waals surface area (Å²) in [6.45, 7) is 5.20. The maximum Gasteiger partial charge on any atom is 0.0906 e. The molecule has 2 rings (SSSR count). The van der Waals surface area contributed by atoms with Crippen LogP contribution in [0, 0.1) is 5.92 Å². The summed E-state index contributed by atoms with van der Waals surface area (Å²) < 4.78 is 12.1. The normalized spacial score (nSPS) is 34.7. The molecule has 2 atom stereocenters. The number of alkyl halides is 1. The average Bonchev–Trinajstić information content (AvgIpc) is 2.98. The van der Waals surface area contributed by atoms with Crippen LogP contribution >= 0.6 is 0 Å². The van der Waals surface area contributed by atoms with Crippen LogP contribution in [0.1, 0.15) is 26.2 Å². The van der Waals surface area contributed by atoms with E-state index in [1.807, 2.05) is 0 Å². The molecule has 1 aliphatic heterocycles. The number of rotatable bonds is 4. The molecule has 1 saturated heterocycles. The lowest BCUT2D eigenvalue weighted by atomic mass is 10.1. The molecule has 1 saturated carbocycles. The van der Waals surface area contributed by atoms with Gasteiger partial charge in [-0.25, -0.2) is 0 Å². The summed E-state index contributed by atoms with van der Waals surface area (Å²) in [5.74, 6) is 0.898. The molecule has 82 valence electrons. The van der Waals surface area contributed by atoms with Crippen LogP contribution in [0.15, 0.2) is 0 Å². The van der Waals surface area contributed by atoms with E-state index in [1.165, 1.54) is 12.8 Å². The summed E-state index contributed by atoms with van der Waals surface area (Å²) in [4.78, 5) is 2.50. The van der Waals surface area contributed by atoms with Crippen molar-refractivity contribution >= 4 is 0 Å². The van der Waals surface area contributed by atoms with E-state index >= 15 is 0 Å². The quantitative estimate of drug-likeness (QED) is 0.738. The van der Waals surface area contributed by atoms with Crippen molar-refractivity contribution in [3.05, 3.63) is 0 Å². The van der Waals surface area contributed by atoms with Crippen molar-refractivity contribution in [1.82, 2.24) is 10.2 Å².